The molecule has 2 aromatic rings. The summed E-state index contributed by atoms with van der Waals surface area (Å²) in [5.74, 6) is 0.278. The first-order valence-corrected chi connectivity index (χ1v) is 8.71. The molecule has 0 heterocycles. The maximum absolute atomic E-state index is 12.4. The fourth-order valence-corrected chi connectivity index (χ4v) is 2.45. The van der Waals surface area contributed by atoms with Crippen LogP contribution in [0.2, 0.25) is 0 Å². The summed E-state index contributed by atoms with van der Waals surface area (Å²) >= 11 is 0. The van der Waals surface area contributed by atoms with Gasteiger partial charge in [0.05, 0.1) is 38.7 Å². The zero-order valence-electron chi connectivity index (χ0n) is 16.6. The van der Waals surface area contributed by atoms with Crippen LogP contribution in [0.15, 0.2) is 42.5 Å². The highest BCUT2D eigenvalue weighted by atomic mass is 35.5. The lowest BCUT2D eigenvalue weighted by Crippen LogP contribution is -2.30. The van der Waals surface area contributed by atoms with Crippen LogP contribution in [0.3, 0.4) is 0 Å². The molecule has 29 heavy (non-hydrogen) atoms. The molecule has 0 unspecified atom stereocenters. The Balaban J connectivity index is 0.00000420. The summed E-state index contributed by atoms with van der Waals surface area (Å²) in [5.41, 5.74) is 1.39. The molecule has 8 nitrogen and oxygen atoms in total. The summed E-state index contributed by atoms with van der Waals surface area (Å²) in [7, 11) is 4.56. The van der Waals surface area contributed by atoms with E-state index < -0.39 is 0 Å². The Labute approximate surface area is 176 Å². The molecule has 0 aliphatic carbocycles. The van der Waals surface area contributed by atoms with E-state index in [1.165, 1.54) is 14.2 Å². The Bertz CT molecular complexity index is 802. The van der Waals surface area contributed by atoms with E-state index in [4.69, 9.17) is 14.2 Å². The van der Waals surface area contributed by atoms with Crippen molar-refractivity contribution < 1.29 is 23.8 Å². The van der Waals surface area contributed by atoms with Gasteiger partial charge in [-0.15, -0.1) is 12.4 Å². The normalized spacial score (nSPS) is 9.90. The molecule has 0 saturated heterocycles. The third-order valence-electron chi connectivity index (χ3n) is 3.85. The molecule has 0 atom stereocenters. The number of methoxy groups -OCH3 is 3. The van der Waals surface area contributed by atoms with E-state index in [2.05, 4.69) is 16.0 Å². The van der Waals surface area contributed by atoms with Gasteiger partial charge in [-0.25, -0.2) is 0 Å². The third-order valence-corrected chi connectivity index (χ3v) is 3.85. The highest BCUT2D eigenvalue weighted by Gasteiger charge is 2.16. The smallest absolute Gasteiger partial charge is 0.255 e. The Morgan fingerprint density at radius 3 is 2.03 bits per heavy atom. The minimum absolute atomic E-state index is 0. The lowest BCUT2D eigenvalue weighted by atomic mass is 10.2. The molecule has 0 aliphatic heterocycles. The molecule has 0 fully saturated rings. The van der Waals surface area contributed by atoms with Crippen molar-refractivity contribution in [3.05, 3.63) is 48.0 Å². The first kappa shape index (κ1) is 24.2. The molecule has 0 bridgehead atoms. The molecule has 2 rings (SSSR count). The molecular weight excluding hydrogens is 398 g/mol. The van der Waals surface area contributed by atoms with Crippen molar-refractivity contribution in [1.82, 2.24) is 5.32 Å². The van der Waals surface area contributed by atoms with Gasteiger partial charge in [0, 0.05) is 31.4 Å². The van der Waals surface area contributed by atoms with E-state index >= 15 is 0 Å². The number of hydrogen-bond donors (Lipinski definition) is 3. The van der Waals surface area contributed by atoms with Crippen molar-refractivity contribution in [3.8, 4) is 11.5 Å². The standard InChI is InChI=1S/C20H25N3O5.ClH/c1-26-10-9-21-13-19(24)22-15-11-18(28-3)16(12-17(15)27-2)23-20(25)14-7-5-4-6-8-14;/h4-8,11-12,21H,9-10,13H2,1-3H3,(H,22,24)(H,23,25);1H. The summed E-state index contributed by atoms with van der Waals surface area (Å²) in [6.45, 7) is 1.20. The maximum Gasteiger partial charge on any atom is 0.255 e. The van der Waals surface area contributed by atoms with Gasteiger partial charge in [0.25, 0.3) is 5.91 Å². The van der Waals surface area contributed by atoms with Gasteiger partial charge in [0.1, 0.15) is 11.5 Å². The van der Waals surface area contributed by atoms with Crippen LogP contribution in [0.25, 0.3) is 0 Å². The number of halogens is 1. The summed E-state index contributed by atoms with van der Waals surface area (Å²) < 4.78 is 15.6. The van der Waals surface area contributed by atoms with Crippen LogP contribution in [0.5, 0.6) is 11.5 Å². The Morgan fingerprint density at radius 2 is 1.48 bits per heavy atom. The number of carbonyl (C=O) groups excluding carboxylic acids is 2. The SMILES string of the molecule is COCCNCC(=O)Nc1cc(OC)c(NC(=O)c2ccccc2)cc1OC.Cl. The van der Waals surface area contributed by atoms with Crippen molar-refractivity contribution in [1.29, 1.82) is 0 Å². The number of hydrogen-bond acceptors (Lipinski definition) is 6. The van der Waals surface area contributed by atoms with Gasteiger partial charge in [-0.3, -0.25) is 9.59 Å². The number of amides is 2. The number of ether oxygens (including phenoxy) is 3. The number of nitrogens with one attached hydrogen (secondary N) is 3. The van der Waals surface area contributed by atoms with E-state index in [0.717, 1.165) is 0 Å². The summed E-state index contributed by atoms with van der Waals surface area (Å²) in [6, 6.07) is 12.0. The zero-order valence-corrected chi connectivity index (χ0v) is 17.4. The van der Waals surface area contributed by atoms with E-state index in [0.29, 0.717) is 41.6 Å². The number of benzene rings is 2. The quantitative estimate of drug-likeness (QED) is 0.508. The van der Waals surface area contributed by atoms with Gasteiger partial charge in [-0.1, -0.05) is 18.2 Å². The Kier molecular flexibility index (Phi) is 10.5. The molecule has 0 spiro atoms. The molecule has 9 heteroatoms. The van der Waals surface area contributed by atoms with Crippen molar-refractivity contribution in [2.45, 2.75) is 0 Å². The molecule has 0 radical (unpaired) electrons. The van der Waals surface area contributed by atoms with Gasteiger partial charge < -0.3 is 30.2 Å². The predicted octanol–water partition coefficient (Wildman–Crippen LogP) is 2.55. The van der Waals surface area contributed by atoms with E-state index in [9.17, 15) is 9.59 Å². The van der Waals surface area contributed by atoms with Crippen molar-refractivity contribution in [2.75, 3.05) is 51.7 Å². The highest BCUT2D eigenvalue weighted by Crippen LogP contribution is 2.36. The first-order valence-electron chi connectivity index (χ1n) is 8.71. The van der Waals surface area contributed by atoms with Crippen LogP contribution in [0, 0.1) is 0 Å². The highest BCUT2D eigenvalue weighted by molar-refractivity contribution is 6.05. The lowest BCUT2D eigenvalue weighted by Gasteiger charge is -2.16. The van der Waals surface area contributed by atoms with Crippen LogP contribution in [-0.2, 0) is 9.53 Å². The Morgan fingerprint density at radius 1 is 0.897 bits per heavy atom. The minimum atomic E-state index is -0.278. The van der Waals surface area contributed by atoms with Gasteiger partial charge in [0.15, 0.2) is 0 Å². The number of carbonyl (C=O) groups is 2. The third kappa shape index (κ3) is 7.26. The van der Waals surface area contributed by atoms with Gasteiger partial charge in [0.2, 0.25) is 5.91 Å². The topological polar surface area (TPSA) is 97.9 Å². The van der Waals surface area contributed by atoms with Crippen LogP contribution in [0.1, 0.15) is 10.4 Å². The van der Waals surface area contributed by atoms with Gasteiger partial charge in [-0.2, -0.15) is 0 Å². The monoisotopic (exact) mass is 423 g/mol. The number of anilines is 2. The predicted molar refractivity (Wildman–Crippen MR) is 115 cm³/mol. The largest absolute Gasteiger partial charge is 0.494 e. The fraction of sp³-hybridized carbons (Fsp3) is 0.300. The average molecular weight is 424 g/mol. The summed E-state index contributed by atoms with van der Waals surface area (Å²) in [4.78, 5) is 24.5. The molecular formula is C20H26ClN3O5. The summed E-state index contributed by atoms with van der Waals surface area (Å²) in [6.07, 6.45) is 0. The molecule has 0 aliphatic rings. The maximum atomic E-state index is 12.4. The molecule has 0 saturated carbocycles. The van der Waals surface area contributed by atoms with Crippen molar-refractivity contribution >= 4 is 35.6 Å². The summed E-state index contributed by atoms with van der Waals surface area (Å²) in [5, 5.41) is 8.53. The zero-order chi connectivity index (χ0) is 20.4. The van der Waals surface area contributed by atoms with Gasteiger partial charge in [-0.05, 0) is 12.1 Å². The second-order valence-corrected chi connectivity index (χ2v) is 5.79. The van der Waals surface area contributed by atoms with Crippen LogP contribution < -0.4 is 25.4 Å². The second-order valence-electron chi connectivity index (χ2n) is 5.79. The molecule has 2 amide bonds. The fourth-order valence-electron chi connectivity index (χ4n) is 2.45. The van der Waals surface area contributed by atoms with Crippen LogP contribution in [0.4, 0.5) is 11.4 Å². The van der Waals surface area contributed by atoms with Crippen LogP contribution >= 0.6 is 12.4 Å². The van der Waals surface area contributed by atoms with Crippen LogP contribution in [-0.4, -0.2) is 52.8 Å². The van der Waals surface area contributed by atoms with E-state index in [1.807, 2.05) is 6.07 Å². The minimum Gasteiger partial charge on any atom is -0.494 e. The lowest BCUT2D eigenvalue weighted by molar-refractivity contribution is -0.115. The van der Waals surface area contributed by atoms with E-state index in [-0.39, 0.29) is 30.8 Å². The van der Waals surface area contributed by atoms with Crippen molar-refractivity contribution in [3.63, 3.8) is 0 Å². The van der Waals surface area contributed by atoms with Gasteiger partial charge >= 0.3 is 0 Å². The Hall–Kier alpha value is -2.81. The van der Waals surface area contributed by atoms with E-state index in [1.54, 1.807) is 43.5 Å². The first-order chi connectivity index (χ1) is 13.6. The molecule has 0 aromatic heterocycles. The second kappa shape index (κ2) is 12.6. The molecule has 158 valence electrons. The van der Waals surface area contributed by atoms with Crippen molar-refractivity contribution in [2.24, 2.45) is 0 Å². The molecule has 3 N–H and O–H groups in total. The number of rotatable bonds is 10. The molecule has 2 aromatic carbocycles. The average Bonchev–Trinajstić information content (AvgIpc) is 2.72.